The number of benzene rings is 1. The van der Waals surface area contributed by atoms with Crippen molar-refractivity contribution in [2.45, 2.75) is 0 Å². The quantitative estimate of drug-likeness (QED) is 0.575. The summed E-state index contributed by atoms with van der Waals surface area (Å²) in [7, 11) is 0. The molecule has 0 unspecified atom stereocenters. The fourth-order valence-electron chi connectivity index (χ4n) is 3.14. The highest BCUT2D eigenvalue weighted by Gasteiger charge is 2.26. The lowest BCUT2D eigenvalue weighted by atomic mass is 10.1. The van der Waals surface area contributed by atoms with Crippen molar-refractivity contribution in [3.8, 4) is 0 Å². The van der Waals surface area contributed by atoms with E-state index in [1.807, 2.05) is 6.07 Å². The van der Waals surface area contributed by atoms with Crippen LogP contribution in [0.5, 0.6) is 0 Å². The number of hydrogen-bond acceptors (Lipinski definition) is 5. The second kappa shape index (κ2) is 8.37. The van der Waals surface area contributed by atoms with Crippen molar-refractivity contribution in [2.75, 3.05) is 65.6 Å². The van der Waals surface area contributed by atoms with Crippen LogP contribution in [0.25, 0.3) is 0 Å². The van der Waals surface area contributed by atoms with Gasteiger partial charge in [0.15, 0.2) is 0 Å². The van der Waals surface area contributed by atoms with Gasteiger partial charge in [-0.1, -0.05) is 30.3 Å². The molecule has 6 nitrogen and oxygen atoms in total. The highest BCUT2D eigenvalue weighted by molar-refractivity contribution is 6.42. The van der Waals surface area contributed by atoms with Gasteiger partial charge in [0.05, 0.1) is 13.2 Å². The van der Waals surface area contributed by atoms with Crippen LogP contribution < -0.4 is 0 Å². The Balaban J connectivity index is 1.43. The molecule has 2 fully saturated rings. The van der Waals surface area contributed by atoms with Gasteiger partial charge in [0.25, 0.3) is 5.91 Å². The van der Waals surface area contributed by atoms with E-state index in [-0.39, 0.29) is 5.91 Å². The smallest absolute Gasteiger partial charge is 0.295 e. The molecule has 2 aliphatic heterocycles. The van der Waals surface area contributed by atoms with Crippen molar-refractivity contribution in [3.63, 3.8) is 0 Å². The Morgan fingerprint density at radius 1 is 0.833 bits per heavy atom. The van der Waals surface area contributed by atoms with Gasteiger partial charge in [-0.2, -0.15) is 0 Å². The van der Waals surface area contributed by atoms with Crippen molar-refractivity contribution in [1.29, 1.82) is 0 Å². The molecule has 1 aromatic carbocycles. The van der Waals surface area contributed by atoms with Crippen LogP contribution in [0, 0.1) is 0 Å². The number of carbonyl (C=O) groups is 2. The summed E-state index contributed by atoms with van der Waals surface area (Å²) in [5.74, 6) is -0.786. The maximum atomic E-state index is 12.3. The monoisotopic (exact) mass is 331 g/mol. The van der Waals surface area contributed by atoms with Crippen LogP contribution in [0.2, 0.25) is 0 Å². The highest BCUT2D eigenvalue weighted by Crippen LogP contribution is 2.08. The van der Waals surface area contributed by atoms with Gasteiger partial charge >= 0.3 is 0 Å². The van der Waals surface area contributed by atoms with Crippen LogP contribution >= 0.6 is 0 Å². The Kier molecular flexibility index (Phi) is 5.96. The van der Waals surface area contributed by atoms with E-state index >= 15 is 0 Å². The normalized spacial score (nSPS) is 20.1. The van der Waals surface area contributed by atoms with Crippen LogP contribution in [0.3, 0.4) is 0 Å². The molecule has 0 atom stereocenters. The molecule has 0 N–H and O–H groups in total. The number of amides is 1. The number of ether oxygens (including phenoxy) is 1. The summed E-state index contributed by atoms with van der Waals surface area (Å²) in [6.07, 6.45) is 0. The molecule has 0 aliphatic carbocycles. The zero-order valence-electron chi connectivity index (χ0n) is 14.0. The molecule has 0 bridgehead atoms. The molecule has 0 aromatic heterocycles. The van der Waals surface area contributed by atoms with Gasteiger partial charge in [-0.25, -0.2) is 0 Å². The first kappa shape index (κ1) is 17.1. The predicted molar refractivity (Wildman–Crippen MR) is 91.1 cm³/mol. The molecule has 0 radical (unpaired) electrons. The van der Waals surface area contributed by atoms with Crippen LogP contribution in [0.4, 0.5) is 0 Å². The van der Waals surface area contributed by atoms with Crippen molar-refractivity contribution < 1.29 is 14.3 Å². The molecular weight excluding hydrogens is 306 g/mol. The average molecular weight is 331 g/mol. The zero-order chi connectivity index (χ0) is 16.8. The second-order valence-corrected chi connectivity index (χ2v) is 6.28. The predicted octanol–water partition coefficient (Wildman–Crippen LogP) is 0.346. The summed E-state index contributed by atoms with van der Waals surface area (Å²) in [6.45, 7) is 8.62. The SMILES string of the molecule is O=C(C(=O)N1CCN(CCN2CCOCC2)CC1)c1ccccc1. The number of nitrogens with zero attached hydrogens (tertiary/aromatic N) is 3. The van der Waals surface area contributed by atoms with E-state index in [9.17, 15) is 9.59 Å². The molecule has 2 saturated heterocycles. The number of hydrogen-bond donors (Lipinski definition) is 0. The van der Waals surface area contributed by atoms with Gasteiger partial charge in [-0.15, -0.1) is 0 Å². The molecule has 1 amide bonds. The highest BCUT2D eigenvalue weighted by atomic mass is 16.5. The minimum absolute atomic E-state index is 0.381. The summed E-state index contributed by atoms with van der Waals surface area (Å²) >= 11 is 0. The maximum absolute atomic E-state index is 12.3. The minimum atomic E-state index is -0.405. The van der Waals surface area contributed by atoms with E-state index in [1.165, 1.54) is 0 Å². The number of Topliss-reactive ketones (excluding diaryl/α,β-unsaturated/α-hetero) is 1. The van der Waals surface area contributed by atoms with E-state index in [1.54, 1.807) is 29.2 Å². The molecule has 1 aromatic rings. The van der Waals surface area contributed by atoms with Crippen molar-refractivity contribution in [3.05, 3.63) is 35.9 Å². The third-order valence-corrected chi connectivity index (χ3v) is 4.73. The first-order chi connectivity index (χ1) is 11.7. The van der Waals surface area contributed by atoms with Gasteiger partial charge in [0, 0.05) is 57.9 Å². The van der Waals surface area contributed by atoms with Gasteiger partial charge in [0.1, 0.15) is 0 Å². The van der Waals surface area contributed by atoms with Crippen LogP contribution in [-0.4, -0.2) is 92.0 Å². The van der Waals surface area contributed by atoms with E-state index in [4.69, 9.17) is 4.74 Å². The molecule has 0 spiro atoms. The molecule has 130 valence electrons. The summed E-state index contributed by atoms with van der Waals surface area (Å²) in [4.78, 5) is 31.0. The number of carbonyl (C=O) groups excluding carboxylic acids is 2. The first-order valence-corrected chi connectivity index (χ1v) is 8.65. The summed E-state index contributed by atoms with van der Waals surface area (Å²) < 4.78 is 5.36. The van der Waals surface area contributed by atoms with Crippen LogP contribution in [0.1, 0.15) is 10.4 Å². The molecule has 24 heavy (non-hydrogen) atoms. The Hall–Kier alpha value is -1.76. The standard InChI is InChI=1S/C18H25N3O3/c22-17(16-4-2-1-3-5-16)18(23)21-10-8-19(9-11-21)6-7-20-12-14-24-15-13-20/h1-5H,6-15H2. The Bertz CT molecular complexity index is 550. The molecule has 3 rings (SSSR count). The summed E-state index contributed by atoms with van der Waals surface area (Å²) in [6, 6.07) is 8.79. The first-order valence-electron chi connectivity index (χ1n) is 8.65. The second-order valence-electron chi connectivity index (χ2n) is 6.28. The number of ketones is 1. The van der Waals surface area contributed by atoms with Crippen LogP contribution in [-0.2, 0) is 9.53 Å². The lowest BCUT2D eigenvalue weighted by Gasteiger charge is -2.36. The van der Waals surface area contributed by atoms with Crippen molar-refractivity contribution in [2.24, 2.45) is 0 Å². The van der Waals surface area contributed by atoms with Crippen molar-refractivity contribution in [1.82, 2.24) is 14.7 Å². The maximum Gasteiger partial charge on any atom is 0.295 e. The average Bonchev–Trinajstić information content (AvgIpc) is 2.67. The fraction of sp³-hybridized carbons (Fsp3) is 0.556. The summed E-state index contributed by atoms with van der Waals surface area (Å²) in [5, 5.41) is 0. The van der Waals surface area contributed by atoms with Gasteiger partial charge < -0.3 is 9.64 Å². The van der Waals surface area contributed by atoms with E-state index < -0.39 is 5.78 Å². The third-order valence-electron chi connectivity index (χ3n) is 4.73. The third kappa shape index (κ3) is 4.41. The van der Waals surface area contributed by atoms with Gasteiger partial charge in [-0.3, -0.25) is 19.4 Å². The number of rotatable bonds is 5. The van der Waals surface area contributed by atoms with Gasteiger partial charge in [0.2, 0.25) is 5.78 Å². The Labute approximate surface area is 143 Å². The van der Waals surface area contributed by atoms with Gasteiger partial charge in [-0.05, 0) is 0 Å². The topological polar surface area (TPSA) is 53.1 Å². The zero-order valence-corrected chi connectivity index (χ0v) is 14.0. The lowest BCUT2D eigenvalue weighted by molar-refractivity contribution is -0.128. The molecule has 6 heteroatoms. The largest absolute Gasteiger partial charge is 0.379 e. The molecule has 2 heterocycles. The van der Waals surface area contributed by atoms with E-state index in [0.29, 0.717) is 18.7 Å². The number of morpholine rings is 1. The van der Waals surface area contributed by atoms with E-state index in [0.717, 1.165) is 52.5 Å². The molecule has 0 saturated carbocycles. The Morgan fingerprint density at radius 2 is 1.42 bits per heavy atom. The van der Waals surface area contributed by atoms with E-state index in [2.05, 4.69) is 9.80 Å². The lowest BCUT2D eigenvalue weighted by Crippen LogP contribution is -2.52. The molecule has 2 aliphatic rings. The summed E-state index contributed by atoms with van der Waals surface area (Å²) in [5.41, 5.74) is 0.470. The molecular formula is C18H25N3O3. The van der Waals surface area contributed by atoms with Crippen LogP contribution in [0.15, 0.2) is 30.3 Å². The Morgan fingerprint density at radius 3 is 2.04 bits per heavy atom. The fourth-order valence-corrected chi connectivity index (χ4v) is 3.14. The minimum Gasteiger partial charge on any atom is -0.379 e. The number of piperazine rings is 1. The van der Waals surface area contributed by atoms with Crippen molar-refractivity contribution >= 4 is 11.7 Å².